The molecule has 0 saturated carbocycles. The zero-order valence-electron chi connectivity index (χ0n) is 32.4. The van der Waals surface area contributed by atoms with Crippen molar-refractivity contribution in [3.8, 4) is 0 Å². The van der Waals surface area contributed by atoms with Crippen molar-refractivity contribution in [2.24, 2.45) is 0 Å². The number of aliphatic hydroxyl groups is 3. The van der Waals surface area contributed by atoms with Gasteiger partial charge in [-0.15, -0.1) is 0 Å². The summed E-state index contributed by atoms with van der Waals surface area (Å²) in [4.78, 5) is 36.6. The van der Waals surface area contributed by atoms with E-state index in [1.54, 1.807) is 6.08 Å². The van der Waals surface area contributed by atoms with Crippen LogP contribution in [0.15, 0.2) is 85.1 Å². The van der Waals surface area contributed by atoms with Gasteiger partial charge in [0.05, 0.1) is 13.0 Å². The number of allylic oxidation sites excluding steroid dienone is 13. The van der Waals surface area contributed by atoms with Gasteiger partial charge in [-0.1, -0.05) is 125 Å². The van der Waals surface area contributed by atoms with E-state index in [-0.39, 0.29) is 19.4 Å². The van der Waals surface area contributed by atoms with Gasteiger partial charge in [0.2, 0.25) is 0 Å². The lowest BCUT2D eigenvalue weighted by molar-refractivity contribution is -0.298. The Morgan fingerprint density at radius 3 is 1.74 bits per heavy atom. The molecule has 11 heteroatoms. The van der Waals surface area contributed by atoms with Gasteiger partial charge >= 0.3 is 17.9 Å². The van der Waals surface area contributed by atoms with Crippen LogP contribution in [0, 0.1) is 0 Å². The lowest BCUT2D eigenvalue weighted by Gasteiger charge is -2.38. The largest absolute Gasteiger partial charge is 0.479 e. The summed E-state index contributed by atoms with van der Waals surface area (Å²) in [7, 11) is 0. The summed E-state index contributed by atoms with van der Waals surface area (Å²) in [5.74, 6) is -2.64. The Bertz CT molecular complexity index is 1220. The first-order chi connectivity index (χ1) is 26.2. The van der Waals surface area contributed by atoms with Crippen molar-refractivity contribution in [2.45, 2.75) is 153 Å². The predicted molar refractivity (Wildman–Crippen MR) is 210 cm³/mol. The van der Waals surface area contributed by atoms with Crippen LogP contribution in [0.25, 0.3) is 0 Å². The van der Waals surface area contributed by atoms with E-state index in [2.05, 4.69) is 74.6 Å². The van der Waals surface area contributed by atoms with Crippen LogP contribution in [0.2, 0.25) is 0 Å². The van der Waals surface area contributed by atoms with Gasteiger partial charge in [-0.25, -0.2) is 4.79 Å². The topological polar surface area (TPSA) is 169 Å². The standard InChI is InChI=1S/C43H66O11/c1-3-5-7-9-11-13-15-17-18-20-21-23-25-27-29-31-36(44)51-33-35(34-52-43-40(48)38(46)39(47)41(54-43)42(49)50)53-37(45)32-30-28-26-24-22-19-16-14-12-10-8-6-4-2/h5,7-8,10-11,13-14,16-18,21,23,27,29,35,38-41,43,46-48H,3-4,6,9,12,15,19-20,22,24-26,28,30-34H2,1-2H3,(H,49,50)/b7-5-,10-8-,13-11-,16-14-,18-17-,23-21-,29-27-. The third-order valence-corrected chi connectivity index (χ3v) is 8.24. The number of hydrogen-bond acceptors (Lipinski definition) is 10. The Kier molecular flexibility index (Phi) is 29.4. The van der Waals surface area contributed by atoms with Crippen molar-refractivity contribution < 1.29 is 53.8 Å². The van der Waals surface area contributed by atoms with Crippen molar-refractivity contribution >= 4 is 17.9 Å². The molecule has 1 saturated heterocycles. The van der Waals surface area contributed by atoms with Crippen molar-refractivity contribution in [3.63, 3.8) is 0 Å². The fourth-order valence-corrected chi connectivity index (χ4v) is 5.16. The van der Waals surface area contributed by atoms with E-state index in [0.717, 1.165) is 77.0 Å². The summed E-state index contributed by atoms with van der Waals surface area (Å²) in [5.41, 5.74) is 0. The second-order valence-corrected chi connectivity index (χ2v) is 13.0. The van der Waals surface area contributed by atoms with Crippen LogP contribution in [0.5, 0.6) is 0 Å². The molecule has 0 spiro atoms. The highest BCUT2D eigenvalue weighted by Crippen LogP contribution is 2.23. The van der Waals surface area contributed by atoms with Crippen molar-refractivity contribution in [3.05, 3.63) is 85.1 Å². The summed E-state index contributed by atoms with van der Waals surface area (Å²) >= 11 is 0. The van der Waals surface area contributed by atoms with E-state index < -0.39 is 61.3 Å². The minimum atomic E-state index is -1.88. The molecule has 0 aromatic heterocycles. The first-order valence-electron chi connectivity index (χ1n) is 19.6. The van der Waals surface area contributed by atoms with Gasteiger partial charge in [-0.3, -0.25) is 9.59 Å². The molecule has 1 fully saturated rings. The first kappa shape index (κ1) is 48.4. The molecule has 0 radical (unpaired) electrons. The smallest absolute Gasteiger partial charge is 0.335 e. The minimum absolute atomic E-state index is 0.00430. The molecule has 6 unspecified atom stereocenters. The fourth-order valence-electron chi connectivity index (χ4n) is 5.16. The van der Waals surface area contributed by atoms with Crippen molar-refractivity contribution in [2.75, 3.05) is 13.2 Å². The van der Waals surface area contributed by atoms with Crippen molar-refractivity contribution in [1.29, 1.82) is 0 Å². The number of rotatable bonds is 30. The lowest BCUT2D eigenvalue weighted by Crippen LogP contribution is -2.60. The number of unbranched alkanes of at least 4 members (excludes halogenated alkanes) is 6. The maximum atomic E-state index is 12.7. The Morgan fingerprint density at radius 1 is 0.611 bits per heavy atom. The molecule has 1 rings (SSSR count). The average Bonchev–Trinajstić information content (AvgIpc) is 3.15. The van der Waals surface area contributed by atoms with Gasteiger partial charge in [-0.2, -0.15) is 0 Å². The highest BCUT2D eigenvalue weighted by Gasteiger charge is 2.47. The molecule has 11 nitrogen and oxygen atoms in total. The summed E-state index contributed by atoms with van der Waals surface area (Å²) < 4.78 is 21.5. The van der Waals surface area contributed by atoms with Gasteiger partial charge in [0, 0.05) is 6.42 Å². The quantitative estimate of drug-likeness (QED) is 0.0325. The van der Waals surface area contributed by atoms with E-state index in [1.807, 2.05) is 18.2 Å². The number of carbonyl (C=O) groups excluding carboxylic acids is 2. The molecule has 1 aliphatic rings. The molecule has 304 valence electrons. The number of carboxylic acids is 1. The summed E-state index contributed by atoms with van der Waals surface area (Å²) in [5, 5.41) is 39.7. The molecule has 0 aromatic rings. The predicted octanol–water partition coefficient (Wildman–Crippen LogP) is 7.53. The van der Waals surface area contributed by atoms with Crippen molar-refractivity contribution in [1.82, 2.24) is 0 Å². The Hall–Kier alpha value is -3.61. The molecule has 1 aliphatic heterocycles. The molecule has 54 heavy (non-hydrogen) atoms. The Balaban J connectivity index is 2.52. The van der Waals surface area contributed by atoms with Gasteiger partial charge in [0.15, 0.2) is 18.5 Å². The van der Waals surface area contributed by atoms with Crippen LogP contribution >= 0.6 is 0 Å². The number of carbonyl (C=O) groups is 3. The molecule has 0 amide bonds. The molecule has 0 bridgehead atoms. The molecular weight excluding hydrogens is 692 g/mol. The van der Waals surface area contributed by atoms with Gasteiger partial charge < -0.3 is 39.4 Å². The highest BCUT2D eigenvalue weighted by molar-refractivity contribution is 5.73. The van der Waals surface area contributed by atoms with Crippen LogP contribution in [0.3, 0.4) is 0 Å². The van der Waals surface area contributed by atoms with E-state index in [0.29, 0.717) is 12.8 Å². The van der Waals surface area contributed by atoms with E-state index in [4.69, 9.17) is 18.9 Å². The van der Waals surface area contributed by atoms with Gasteiger partial charge in [0.25, 0.3) is 0 Å². The molecule has 4 N–H and O–H groups in total. The number of ether oxygens (including phenoxy) is 4. The van der Waals surface area contributed by atoms with Crippen LogP contribution in [-0.4, -0.2) is 88.4 Å². The fraction of sp³-hybridized carbons (Fsp3) is 0.605. The maximum Gasteiger partial charge on any atom is 0.335 e. The maximum absolute atomic E-state index is 12.7. The lowest BCUT2D eigenvalue weighted by atomic mass is 9.99. The van der Waals surface area contributed by atoms with Gasteiger partial charge in [0.1, 0.15) is 24.9 Å². The molecular formula is C43H66O11. The molecule has 0 aromatic carbocycles. The number of esters is 2. The van der Waals surface area contributed by atoms with Crippen LogP contribution in [0.1, 0.15) is 117 Å². The second-order valence-electron chi connectivity index (χ2n) is 13.0. The third kappa shape index (κ3) is 24.7. The van der Waals surface area contributed by atoms with Crippen LogP contribution in [-0.2, 0) is 33.3 Å². The Labute approximate surface area is 322 Å². The van der Waals surface area contributed by atoms with Crippen LogP contribution in [0.4, 0.5) is 0 Å². The number of hydrogen-bond donors (Lipinski definition) is 4. The SMILES string of the molecule is CC/C=C\C/C=C\C/C=C\C/C=C\C/C=C\CC(=O)OCC(COC1OC(C(=O)O)C(O)C(O)C1O)OC(=O)CCCCCCC/C=C\C/C=C\CCC. The monoisotopic (exact) mass is 758 g/mol. The molecule has 6 atom stereocenters. The normalized spacial score (nSPS) is 21.5. The average molecular weight is 759 g/mol. The number of carboxylic acid groups (broad SMARTS) is 1. The van der Waals surface area contributed by atoms with Crippen LogP contribution < -0.4 is 0 Å². The first-order valence-corrected chi connectivity index (χ1v) is 19.6. The summed E-state index contributed by atoms with van der Waals surface area (Å²) in [6.07, 6.45) is 32.4. The Morgan fingerprint density at radius 2 is 1.15 bits per heavy atom. The van der Waals surface area contributed by atoms with E-state index >= 15 is 0 Å². The molecule has 1 heterocycles. The minimum Gasteiger partial charge on any atom is -0.479 e. The zero-order chi connectivity index (χ0) is 39.7. The number of aliphatic carboxylic acids is 1. The third-order valence-electron chi connectivity index (χ3n) is 8.24. The second kappa shape index (κ2) is 32.8. The van der Waals surface area contributed by atoms with E-state index in [9.17, 15) is 34.8 Å². The summed E-state index contributed by atoms with van der Waals surface area (Å²) in [6, 6.07) is 0. The summed E-state index contributed by atoms with van der Waals surface area (Å²) in [6.45, 7) is 3.49. The highest BCUT2D eigenvalue weighted by atomic mass is 16.7. The number of aliphatic hydroxyl groups excluding tert-OH is 3. The van der Waals surface area contributed by atoms with E-state index in [1.165, 1.54) is 0 Å². The zero-order valence-corrected chi connectivity index (χ0v) is 32.4. The molecule has 0 aliphatic carbocycles. The van der Waals surface area contributed by atoms with Gasteiger partial charge in [-0.05, 0) is 64.2 Å².